The van der Waals surface area contributed by atoms with Crippen molar-refractivity contribution in [2.45, 2.75) is 32.8 Å². The third kappa shape index (κ3) is 5.38. The number of carbonyl (C=O) groups excluding carboxylic acids is 1. The van der Waals surface area contributed by atoms with Crippen LogP contribution in [-0.4, -0.2) is 25.1 Å². The van der Waals surface area contributed by atoms with Gasteiger partial charge in [-0.3, -0.25) is 4.79 Å². The molecule has 21 heavy (non-hydrogen) atoms. The summed E-state index contributed by atoms with van der Waals surface area (Å²) in [5.74, 6) is 0.721. The van der Waals surface area contributed by atoms with Gasteiger partial charge in [0.1, 0.15) is 5.75 Å². The van der Waals surface area contributed by atoms with Crippen molar-refractivity contribution in [2.24, 2.45) is 5.92 Å². The zero-order valence-electron chi connectivity index (χ0n) is 12.3. The second-order valence-corrected chi connectivity index (χ2v) is 5.75. The van der Waals surface area contributed by atoms with E-state index in [4.69, 9.17) is 16.3 Å². The first-order chi connectivity index (χ1) is 9.56. The Bertz CT molecular complexity index is 475. The average molecular weight is 333 g/mol. The monoisotopic (exact) mass is 332 g/mol. The molecule has 0 bridgehead atoms. The molecule has 0 spiro atoms. The van der Waals surface area contributed by atoms with E-state index in [0.29, 0.717) is 16.5 Å². The number of benzene rings is 1. The minimum Gasteiger partial charge on any atom is -0.489 e. The lowest BCUT2D eigenvalue weighted by atomic mass is 9.99. The molecule has 1 aromatic carbocycles. The van der Waals surface area contributed by atoms with E-state index in [1.807, 2.05) is 19.9 Å². The molecular formula is C15H22Cl2N2O2. The Kier molecular flexibility index (Phi) is 7.29. The molecule has 1 aromatic rings. The van der Waals surface area contributed by atoms with Crippen molar-refractivity contribution in [1.29, 1.82) is 0 Å². The van der Waals surface area contributed by atoms with Gasteiger partial charge >= 0.3 is 0 Å². The van der Waals surface area contributed by atoms with Crippen LogP contribution in [0.1, 0.15) is 26.7 Å². The van der Waals surface area contributed by atoms with Gasteiger partial charge in [0.2, 0.25) is 5.91 Å². The van der Waals surface area contributed by atoms with Gasteiger partial charge in [-0.25, -0.2) is 0 Å². The molecular weight excluding hydrogens is 311 g/mol. The summed E-state index contributed by atoms with van der Waals surface area (Å²) in [5, 5.41) is 6.66. The van der Waals surface area contributed by atoms with Crippen molar-refractivity contribution in [3.8, 4) is 5.75 Å². The SMILES string of the molecule is CC(C)Oc1ccc(NC(=O)C2CCCNC2)cc1Cl.Cl. The Morgan fingerprint density at radius 3 is 2.81 bits per heavy atom. The van der Waals surface area contributed by atoms with E-state index in [1.165, 1.54) is 0 Å². The van der Waals surface area contributed by atoms with Gasteiger partial charge < -0.3 is 15.4 Å². The highest BCUT2D eigenvalue weighted by Gasteiger charge is 2.21. The van der Waals surface area contributed by atoms with Crippen LogP contribution in [0, 0.1) is 5.92 Å². The Labute approximate surface area is 137 Å². The molecule has 1 unspecified atom stereocenters. The molecule has 1 amide bonds. The van der Waals surface area contributed by atoms with Gasteiger partial charge in [0, 0.05) is 12.2 Å². The fourth-order valence-corrected chi connectivity index (χ4v) is 2.47. The summed E-state index contributed by atoms with van der Waals surface area (Å²) in [6.07, 6.45) is 2.04. The number of rotatable bonds is 4. The van der Waals surface area contributed by atoms with Crippen molar-refractivity contribution in [3.63, 3.8) is 0 Å². The first-order valence-electron chi connectivity index (χ1n) is 7.04. The molecule has 118 valence electrons. The number of hydrogen-bond acceptors (Lipinski definition) is 3. The standard InChI is InChI=1S/C15H21ClN2O2.ClH/c1-10(2)20-14-6-5-12(8-13(14)16)18-15(19)11-4-3-7-17-9-11;/h5-6,8,10-11,17H,3-4,7,9H2,1-2H3,(H,18,19);1H. The summed E-state index contributed by atoms with van der Waals surface area (Å²) in [4.78, 5) is 12.1. The van der Waals surface area contributed by atoms with Gasteiger partial charge in [0.05, 0.1) is 17.0 Å². The molecule has 0 aliphatic carbocycles. The van der Waals surface area contributed by atoms with Crippen LogP contribution in [0.5, 0.6) is 5.75 Å². The number of nitrogens with one attached hydrogen (secondary N) is 2. The fraction of sp³-hybridized carbons (Fsp3) is 0.533. The van der Waals surface area contributed by atoms with Crippen LogP contribution < -0.4 is 15.4 Å². The van der Waals surface area contributed by atoms with Crippen LogP contribution in [0.3, 0.4) is 0 Å². The van der Waals surface area contributed by atoms with Gasteiger partial charge in [-0.15, -0.1) is 12.4 Å². The second kappa shape index (κ2) is 8.47. The first-order valence-corrected chi connectivity index (χ1v) is 7.42. The van der Waals surface area contributed by atoms with Crippen LogP contribution in [0.2, 0.25) is 5.02 Å². The second-order valence-electron chi connectivity index (χ2n) is 5.34. The highest BCUT2D eigenvalue weighted by molar-refractivity contribution is 6.32. The zero-order chi connectivity index (χ0) is 14.5. The molecule has 1 atom stereocenters. The number of amides is 1. The molecule has 0 radical (unpaired) electrons. The predicted molar refractivity (Wildman–Crippen MR) is 88.7 cm³/mol. The van der Waals surface area contributed by atoms with Crippen LogP contribution >= 0.6 is 24.0 Å². The molecule has 6 heteroatoms. The van der Waals surface area contributed by atoms with Crippen LogP contribution in [0.4, 0.5) is 5.69 Å². The molecule has 1 fully saturated rings. The average Bonchev–Trinajstić information content (AvgIpc) is 2.42. The summed E-state index contributed by atoms with van der Waals surface area (Å²) in [5.41, 5.74) is 0.710. The molecule has 0 saturated carbocycles. The fourth-order valence-electron chi connectivity index (χ4n) is 2.25. The summed E-state index contributed by atoms with van der Waals surface area (Å²) in [6.45, 7) is 5.63. The Morgan fingerprint density at radius 1 is 1.48 bits per heavy atom. The number of anilines is 1. The van der Waals surface area contributed by atoms with E-state index in [-0.39, 0.29) is 30.3 Å². The largest absolute Gasteiger partial charge is 0.489 e. The molecule has 2 N–H and O–H groups in total. The Hall–Kier alpha value is -0.970. The molecule has 1 aliphatic heterocycles. The minimum absolute atomic E-state index is 0. The van der Waals surface area contributed by atoms with Gasteiger partial charge in [-0.1, -0.05) is 11.6 Å². The van der Waals surface area contributed by atoms with Crippen molar-refractivity contribution in [3.05, 3.63) is 23.2 Å². The van der Waals surface area contributed by atoms with Gasteiger partial charge in [-0.2, -0.15) is 0 Å². The molecule has 2 rings (SSSR count). The number of halogens is 2. The summed E-state index contributed by atoms with van der Waals surface area (Å²) >= 11 is 6.15. The van der Waals surface area contributed by atoms with Crippen molar-refractivity contribution in [1.82, 2.24) is 5.32 Å². The Morgan fingerprint density at radius 2 is 2.24 bits per heavy atom. The molecule has 1 saturated heterocycles. The summed E-state index contributed by atoms with van der Waals surface area (Å²) in [7, 11) is 0. The predicted octanol–water partition coefficient (Wildman–Crippen LogP) is 3.49. The van der Waals surface area contributed by atoms with Crippen molar-refractivity contribution in [2.75, 3.05) is 18.4 Å². The van der Waals surface area contributed by atoms with Crippen LogP contribution in [0.25, 0.3) is 0 Å². The topological polar surface area (TPSA) is 50.4 Å². The molecule has 1 heterocycles. The summed E-state index contributed by atoms with van der Waals surface area (Å²) < 4.78 is 5.57. The zero-order valence-corrected chi connectivity index (χ0v) is 13.9. The maximum atomic E-state index is 12.1. The third-order valence-corrected chi connectivity index (χ3v) is 3.53. The number of hydrogen-bond donors (Lipinski definition) is 2. The lowest BCUT2D eigenvalue weighted by Gasteiger charge is -2.22. The lowest BCUT2D eigenvalue weighted by molar-refractivity contribution is -0.120. The maximum Gasteiger partial charge on any atom is 0.228 e. The smallest absolute Gasteiger partial charge is 0.228 e. The van der Waals surface area contributed by atoms with E-state index in [2.05, 4.69) is 10.6 Å². The first kappa shape index (κ1) is 18.1. The van der Waals surface area contributed by atoms with E-state index in [0.717, 1.165) is 25.9 Å². The number of piperidine rings is 1. The van der Waals surface area contributed by atoms with Crippen LogP contribution in [0.15, 0.2) is 18.2 Å². The van der Waals surface area contributed by atoms with Gasteiger partial charge in [-0.05, 0) is 51.4 Å². The van der Waals surface area contributed by atoms with E-state index in [9.17, 15) is 4.79 Å². The van der Waals surface area contributed by atoms with Crippen molar-refractivity contribution >= 4 is 35.6 Å². The summed E-state index contributed by atoms with van der Waals surface area (Å²) in [6, 6.07) is 5.34. The number of carbonyl (C=O) groups is 1. The van der Waals surface area contributed by atoms with Gasteiger partial charge in [0.15, 0.2) is 0 Å². The maximum absolute atomic E-state index is 12.1. The normalized spacial score (nSPS) is 18.0. The van der Waals surface area contributed by atoms with Gasteiger partial charge in [0.25, 0.3) is 0 Å². The lowest BCUT2D eigenvalue weighted by Crippen LogP contribution is -2.37. The molecule has 4 nitrogen and oxygen atoms in total. The third-order valence-electron chi connectivity index (χ3n) is 3.23. The van der Waals surface area contributed by atoms with E-state index >= 15 is 0 Å². The highest BCUT2D eigenvalue weighted by Crippen LogP contribution is 2.28. The minimum atomic E-state index is 0. The van der Waals surface area contributed by atoms with E-state index in [1.54, 1.807) is 12.1 Å². The van der Waals surface area contributed by atoms with Crippen LogP contribution in [-0.2, 0) is 4.79 Å². The molecule has 1 aliphatic rings. The highest BCUT2D eigenvalue weighted by atomic mass is 35.5. The number of ether oxygens (including phenoxy) is 1. The van der Waals surface area contributed by atoms with Crippen molar-refractivity contribution < 1.29 is 9.53 Å². The Balaban J connectivity index is 0.00000220. The van der Waals surface area contributed by atoms with E-state index < -0.39 is 0 Å². The quantitative estimate of drug-likeness (QED) is 0.887. The molecule has 0 aromatic heterocycles.